The molecule has 2 N–H and O–H groups in total. The van der Waals surface area contributed by atoms with Gasteiger partial charge in [-0.25, -0.2) is 0 Å². The number of aryl methyl sites for hydroxylation is 1. The van der Waals surface area contributed by atoms with Gasteiger partial charge < -0.3 is 48.5 Å². The summed E-state index contributed by atoms with van der Waals surface area (Å²) >= 11 is 0. The minimum Gasteiger partial charge on any atom is -0.379 e. The van der Waals surface area contributed by atoms with Gasteiger partial charge in [0, 0.05) is 57.0 Å². The van der Waals surface area contributed by atoms with Crippen LogP contribution >= 0.6 is 0 Å². The Morgan fingerprint density at radius 3 is 1.57 bits per heavy atom. The summed E-state index contributed by atoms with van der Waals surface area (Å²) < 4.78 is 43.9. The van der Waals surface area contributed by atoms with E-state index in [2.05, 4.69) is 10.6 Å². The molecule has 0 aromatic heterocycles. The summed E-state index contributed by atoms with van der Waals surface area (Å²) in [6, 6.07) is 7.09. The molecule has 1 aliphatic heterocycles. The quantitative estimate of drug-likeness (QED) is 0.0724. The first-order chi connectivity index (χ1) is 29.4. The second-order valence-electron chi connectivity index (χ2n) is 15.2. The smallest absolute Gasteiger partial charge is 0.232 e. The maximum Gasteiger partial charge on any atom is 0.232 e. The first-order valence-electron chi connectivity index (χ1n) is 21.5. The highest BCUT2D eigenvalue weighted by molar-refractivity contribution is 6.03. The van der Waals surface area contributed by atoms with E-state index in [0.717, 1.165) is 16.0 Å². The molecule has 1 aromatic carbocycles. The van der Waals surface area contributed by atoms with E-state index in [1.54, 1.807) is 13.8 Å². The number of nitrogens with one attached hydrogen (secondary N) is 2. The highest BCUT2D eigenvalue weighted by Gasteiger charge is 2.35. The van der Waals surface area contributed by atoms with Gasteiger partial charge in [-0.15, -0.1) is 0 Å². The molecule has 0 aliphatic carbocycles. The van der Waals surface area contributed by atoms with Crippen LogP contribution in [0.2, 0.25) is 0 Å². The number of imide groups is 1. The van der Waals surface area contributed by atoms with E-state index in [1.807, 2.05) is 45.0 Å². The predicted octanol–water partition coefficient (Wildman–Crippen LogP) is 2.27. The molecule has 1 aliphatic rings. The Labute approximate surface area is 361 Å². The number of rotatable bonds is 38. The molecule has 2 rings (SSSR count). The normalized spacial score (nSPS) is 15.0. The van der Waals surface area contributed by atoms with Gasteiger partial charge in [0.15, 0.2) is 5.78 Å². The van der Waals surface area contributed by atoms with Crippen LogP contribution < -0.4 is 10.6 Å². The van der Waals surface area contributed by atoms with Gasteiger partial charge in [-0.3, -0.25) is 33.7 Å². The molecule has 17 nitrogen and oxygen atoms in total. The molecule has 3 atom stereocenters. The lowest BCUT2D eigenvalue weighted by molar-refractivity contribution is -0.139. The lowest BCUT2D eigenvalue weighted by Gasteiger charge is -2.22. The Bertz CT molecular complexity index is 1430. The van der Waals surface area contributed by atoms with Crippen molar-refractivity contribution in [3.8, 4) is 0 Å². The summed E-state index contributed by atoms with van der Waals surface area (Å²) in [6.07, 6.45) is 0.805. The van der Waals surface area contributed by atoms with Crippen molar-refractivity contribution in [2.75, 3.05) is 119 Å². The van der Waals surface area contributed by atoms with Gasteiger partial charge in [0.2, 0.25) is 23.6 Å². The summed E-state index contributed by atoms with van der Waals surface area (Å²) in [5.74, 6) is -2.02. The Kier molecular flexibility index (Phi) is 28.9. The number of ketones is 2. The molecule has 17 heteroatoms. The number of ether oxygens (including phenoxy) is 8. The van der Waals surface area contributed by atoms with E-state index in [-0.39, 0.29) is 92.3 Å². The fourth-order valence-electron chi connectivity index (χ4n) is 5.91. The van der Waals surface area contributed by atoms with Crippen LogP contribution in [0.1, 0.15) is 64.5 Å². The van der Waals surface area contributed by atoms with E-state index >= 15 is 0 Å². The molecule has 346 valence electrons. The van der Waals surface area contributed by atoms with Crippen molar-refractivity contribution in [2.24, 2.45) is 17.8 Å². The summed E-state index contributed by atoms with van der Waals surface area (Å²) in [7, 11) is 0. The van der Waals surface area contributed by atoms with Crippen LogP contribution in [0.5, 0.6) is 0 Å². The highest BCUT2D eigenvalue weighted by atomic mass is 16.6. The molecule has 1 heterocycles. The molecule has 0 radical (unpaired) electrons. The van der Waals surface area contributed by atoms with Gasteiger partial charge >= 0.3 is 0 Å². The maximum absolute atomic E-state index is 13.0. The van der Waals surface area contributed by atoms with Gasteiger partial charge in [0.1, 0.15) is 5.78 Å². The number of carbonyl (C=O) groups is 6. The lowest BCUT2D eigenvalue weighted by Crippen LogP contribution is -2.44. The van der Waals surface area contributed by atoms with Crippen molar-refractivity contribution in [1.82, 2.24) is 15.5 Å². The number of Topliss-reactive ketones (excluding diaryl/α,β-unsaturated/α-hetero) is 2. The van der Waals surface area contributed by atoms with Crippen molar-refractivity contribution in [1.29, 1.82) is 0 Å². The monoisotopic (exact) mass is 865 g/mol. The molecule has 1 saturated heterocycles. The van der Waals surface area contributed by atoms with Crippen molar-refractivity contribution >= 4 is 35.2 Å². The number of amides is 4. The van der Waals surface area contributed by atoms with Crippen LogP contribution in [0.3, 0.4) is 0 Å². The third-order valence-electron chi connectivity index (χ3n) is 9.66. The number of hydrogen-bond donors (Lipinski definition) is 2. The highest BCUT2D eigenvalue weighted by Crippen LogP contribution is 2.19. The molecule has 4 amide bonds. The predicted molar refractivity (Wildman–Crippen MR) is 225 cm³/mol. The second kappa shape index (κ2) is 33.0. The fraction of sp³-hybridized carbons (Fsp3) is 0.727. The van der Waals surface area contributed by atoms with Crippen LogP contribution in [0.25, 0.3) is 0 Å². The van der Waals surface area contributed by atoms with E-state index in [9.17, 15) is 28.8 Å². The zero-order valence-corrected chi connectivity index (χ0v) is 37.0. The molecule has 1 unspecified atom stereocenters. The summed E-state index contributed by atoms with van der Waals surface area (Å²) in [6.45, 7) is 15.9. The standard InChI is InChI=1S/C44H71N3O14/c1-33(2)39(43(52)46-36(5)40(49)31-37-8-6-34(3)7-9-37)32-38(48)11-14-54-16-18-56-20-22-58-24-26-60-28-29-61-27-25-59-23-21-57-19-17-55-15-12-45-41(50)10-13-47-42(51)30-35(4)44(47)53/h6-9,33,35-36,39H,10-32H2,1-5H3,(H,45,50)(H,46,52)/t35?,36-,39-/m0/s1. The molecular weight excluding hydrogens is 794 g/mol. The number of likely N-dealkylation sites (tertiary alicyclic amines) is 1. The van der Waals surface area contributed by atoms with E-state index < -0.39 is 12.0 Å². The van der Waals surface area contributed by atoms with E-state index in [4.69, 9.17) is 37.9 Å². The average molecular weight is 866 g/mol. The van der Waals surface area contributed by atoms with Crippen molar-refractivity contribution in [2.45, 2.75) is 72.8 Å². The lowest BCUT2D eigenvalue weighted by atomic mass is 9.88. The third-order valence-corrected chi connectivity index (χ3v) is 9.66. The fourth-order valence-corrected chi connectivity index (χ4v) is 5.91. The van der Waals surface area contributed by atoms with E-state index in [0.29, 0.717) is 106 Å². The van der Waals surface area contributed by atoms with Crippen LogP contribution in [-0.2, 0) is 73.1 Å². The SMILES string of the molecule is Cc1ccc(CC(=O)[C@H](C)NC(=O)[C@@H](CC(=O)CCOCCOCCOCCOCCOCCOCCOCCOCCNC(=O)CCN2C(=O)CC(C)C2=O)C(C)C)cc1. The molecule has 0 spiro atoms. The average Bonchev–Trinajstić information content (AvgIpc) is 3.47. The number of benzene rings is 1. The van der Waals surface area contributed by atoms with Crippen molar-refractivity contribution in [3.05, 3.63) is 35.4 Å². The van der Waals surface area contributed by atoms with Gasteiger partial charge in [-0.05, 0) is 25.3 Å². The number of carbonyl (C=O) groups excluding carboxylic acids is 6. The zero-order chi connectivity index (χ0) is 44.7. The maximum atomic E-state index is 13.0. The first-order valence-corrected chi connectivity index (χ1v) is 21.5. The van der Waals surface area contributed by atoms with Gasteiger partial charge in [-0.1, -0.05) is 50.6 Å². The van der Waals surface area contributed by atoms with E-state index in [1.165, 1.54) is 0 Å². The van der Waals surface area contributed by atoms with Crippen LogP contribution in [-0.4, -0.2) is 165 Å². The minimum atomic E-state index is -0.647. The molecule has 0 bridgehead atoms. The Morgan fingerprint density at radius 1 is 0.672 bits per heavy atom. The summed E-state index contributed by atoms with van der Waals surface area (Å²) in [5, 5.41) is 5.52. The zero-order valence-electron chi connectivity index (χ0n) is 37.0. The molecule has 0 saturated carbocycles. The van der Waals surface area contributed by atoms with Gasteiger partial charge in [0.25, 0.3) is 0 Å². The van der Waals surface area contributed by atoms with Gasteiger partial charge in [0.05, 0.1) is 112 Å². The Balaban J connectivity index is 1.29. The third kappa shape index (κ3) is 25.1. The molecule has 1 aromatic rings. The topological polar surface area (TPSA) is 204 Å². The minimum absolute atomic E-state index is 0.0636. The van der Waals surface area contributed by atoms with Crippen LogP contribution in [0.4, 0.5) is 0 Å². The number of hydrogen-bond acceptors (Lipinski definition) is 14. The Morgan fingerprint density at radius 2 is 1.13 bits per heavy atom. The van der Waals surface area contributed by atoms with Crippen LogP contribution in [0.15, 0.2) is 24.3 Å². The Hall–Kier alpha value is -3.68. The first kappa shape index (κ1) is 53.5. The summed E-state index contributed by atoms with van der Waals surface area (Å²) in [5.41, 5.74) is 2.01. The van der Waals surface area contributed by atoms with Crippen molar-refractivity contribution < 1.29 is 66.7 Å². The summed E-state index contributed by atoms with van der Waals surface area (Å²) in [4.78, 5) is 75.0. The second-order valence-corrected chi connectivity index (χ2v) is 15.2. The van der Waals surface area contributed by atoms with Crippen molar-refractivity contribution in [3.63, 3.8) is 0 Å². The molecule has 1 fully saturated rings. The van der Waals surface area contributed by atoms with Crippen LogP contribution in [0, 0.1) is 24.7 Å². The molecular formula is C44H71N3O14. The largest absolute Gasteiger partial charge is 0.379 e. The number of nitrogens with zero attached hydrogens (tertiary/aromatic N) is 1. The van der Waals surface area contributed by atoms with Gasteiger partial charge in [-0.2, -0.15) is 0 Å². The molecule has 61 heavy (non-hydrogen) atoms.